The third-order valence-electron chi connectivity index (χ3n) is 1.90. The van der Waals surface area contributed by atoms with Gasteiger partial charge in [-0.1, -0.05) is 13.8 Å². The van der Waals surface area contributed by atoms with Crippen molar-refractivity contribution in [2.45, 2.75) is 20.3 Å². The first-order chi connectivity index (χ1) is 6.70. The average molecular weight is 222 g/mol. The molecule has 0 spiro atoms. The minimum absolute atomic E-state index is 0.824. The molecule has 86 valence electrons. The van der Waals surface area contributed by atoms with Gasteiger partial charge in [-0.3, -0.25) is 5.43 Å². The van der Waals surface area contributed by atoms with Crippen molar-refractivity contribution in [2.24, 2.45) is 0 Å². The number of hydrazine groups is 1. The van der Waals surface area contributed by atoms with Gasteiger partial charge in [-0.15, -0.1) is 0 Å². The van der Waals surface area contributed by atoms with Gasteiger partial charge in [0, 0.05) is 34.4 Å². The highest BCUT2D eigenvalue weighted by atomic mass is 28.4. The maximum Gasteiger partial charge on any atom is 0.613 e. The summed E-state index contributed by atoms with van der Waals surface area (Å²) in [5, 5.41) is 0. The zero-order valence-electron chi connectivity index (χ0n) is 9.79. The van der Waals surface area contributed by atoms with Gasteiger partial charge in [0.25, 0.3) is 0 Å². The Bertz CT molecular complexity index is 130. The molecular formula is C8H22N2O3Si. The summed E-state index contributed by atoms with van der Waals surface area (Å²) in [6.07, 6.45) is 1.01. The number of hydrogen-bond donors (Lipinski definition) is 1. The fourth-order valence-electron chi connectivity index (χ4n) is 1.31. The average Bonchev–Trinajstić information content (AvgIpc) is 2.22. The van der Waals surface area contributed by atoms with E-state index in [1.54, 1.807) is 21.3 Å². The Labute approximate surface area is 87.7 Å². The van der Waals surface area contributed by atoms with Gasteiger partial charge in [-0.2, -0.15) is 4.67 Å². The molecule has 6 heteroatoms. The van der Waals surface area contributed by atoms with E-state index in [-0.39, 0.29) is 0 Å². The number of rotatable bonds is 8. The van der Waals surface area contributed by atoms with Crippen molar-refractivity contribution in [1.29, 1.82) is 0 Å². The van der Waals surface area contributed by atoms with E-state index in [9.17, 15) is 0 Å². The Morgan fingerprint density at radius 2 is 1.57 bits per heavy atom. The number of nitrogens with one attached hydrogen (secondary N) is 1. The molecular weight excluding hydrogens is 200 g/mol. The number of hydrogen-bond acceptors (Lipinski definition) is 5. The molecule has 0 aliphatic rings. The molecule has 0 heterocycles. The van der Waals surface area contributed by atoms with Crippen LogP contribution in [-0.2, 0) is 13.3 Å². The molecule has 0 fully saturated rings. The summed E-state index contributed by atoms with van der Waals surface area (Å²) in [6, 6.07) is 0. The van der Waals surface area contributed by atoms with Gasteiger partial charge in [-0.25, -0.2) is 0 Å². The molecule has 14 heavy (non-hydrogen) atoms. The largest absolute Gasteiger partial charge is 0.613 e. The fraction of sp³-hybridized carbons (Fsp3) is 1.00. The van der Waals surface area contributed by atoms with E-state index in [1.807, 2.05) is 11.6 Å². The highest BCUT2D eigenvalue weighted by Gasteiger charge is 2.46. The van der Waals surface area contributed by atoms with Crippen LogP contribution < -0.4 is 5.43 Å². The molecule has 0 amide bonds. The Kier molecular flexibility index (Phi) is 7.34. The van der Waals surface area contributed by atoms with E-state index < -0.39 is 8.97 Å². The van der Waals surface area contributed by atoms with E-state index in [0.717, 1.165) is 19.5 Å². The van der Waals surface area contributed by atoms with Crippen LogP contribution in [-0.4, -0.2) is 48.1 Å². The molecule has 0 unspecified atom stereocenters. The first kappa shape index (κ1) is 14.0. The SMILES string of the molecule is CCCN(NCC)[Si](OC)(OC)OC. The second kappa shape index (κ2) is 7.33. The zero-order valence-corrected chi connectivity index (χ0v) is 10.8. The van der Waals surface area contributed by atoms with E-state index in [1.165, 1.54) is 0 Å². The molecule has 0 aromatic heterocycles. The van der Waals surface area contributed by atoms with Crippen LogP contribution in [0.25, 0.3) is 0 Å². The van der Waals surface area contributed by atoms with Gasteiger partial charge in [-0.05, 0) is 6.42 Å². The second-order valence-electron chi connectivity index (χ2n) is 2.80. The molecule has 0 aromatic carbocycles. The van der Waals surface area contributed by atoms with Crippen LogP contribution in [0.2, 0.25) is 0 Å². The summed E-state index contributed by atoms with van der Waals surface area (Å²) < 4.78 is 18.0. The lowest BCUT2D eigenvalue weighted by atomic mass is 10.5. The predicted molar refractivity (Wildman–Crippen MR) is 57.5 cm³/mol. The quantitative estimate of drug-likeness (QED) is 0.481. The monoisotopic (exact) mass is 222 g/mol. The molecule has 0 aromatic rings. The van der Waals surface area contributed by atoms with Gasteiger partial charge in [0.2, 0.25) is 0 Å². The van der Waals surface area contributed by atoms with E-state index in [4.69, 9.17) is 13.3 Å². The van der Waals surface area contributed by atoms with Gasteiger partial charge in [0.15, 0.2) is 0 Å². The molecule has 5 nitrogen and oxygen atoms in total. The molecule has 0 bridgehead atoms. The first-order valence-electron chi connectivity index (χ1n) is 4.87. The maximum absolute atomic E-state index is 5.36. The molecule has 0 radical (unpaired) electrons. The van der Waals surface area contributed by atoms with Gasteiger partial charge in [0.1, 0.15) is 0 Å². The summed E-state index contributed by atoms with van der Waals surface area (Å²) >= 11 is 0. The fourth-order valence-corrected chi connectivity index (χ4v) is 3.32. The summed E-state index contributed by atoms with van der Waals surface area (Å²) in [6.45, 7) is 5.80. The summed E-state index contributed by atoms with van der Waals surface area (Å²) in [5.41, 5.74) is 3.20. The van der Waals surface area contributed by atoms with Crippen molar-refractivity contribution in [3.63, 3.8) is 0 Å². The second-order valence-corrected chi connectivity index (χ2v) is 5.61. The highest BCUT2D eigenvalue weighted by Crippen LogP contribution is 2.10. The Balaban J connectivity index is 4.52. The van der Waals surface area contributed by atoms with E-state index >= 15 is 0 Å². The minimum atomic E-state index is -2.67. The van der Waals surface area contributed by atoms with Crippen LogP contribution in [0.1, 0.15) is 20.3 Å². The topological polar surface area (TPSA) is 43.0 Å². The van der Waals surface area contributed by atoms with Crippen LogP contribution in [0, 0.1) is 0 Å². The van der Waals surface area contributed by atoms with Crippen molar-refractivity contribution in [1.82, 2.24) is 10.1 Å². The molecule has 0 atom stereocenters. The molecule has 0 rings (SSSR count). The van der Waals surface area contributed by atoms with Crippen LogP contribution in [0.5, 0.6) is 0 Å². The lowest BCUT2D eigenvalue weighted by Crippen LogP contribution is -2.64. The van der Waals surface area contributed by atoms with Gasteiger partial charge < -0.3 is 13.3 Å². The van der Waals surface area contributed by atoms with Crippen LogP contribution >= 0.6 is 0 Å². The third-order valence-corrected chi connectivity index (χ3v) is 4.49. The normalized spacial score (nSPS) is 12.4. The number of nitrogens with zero attached hydrogens (tertiary/aromatic N) is 1. The lowest BCUT2D eigenvalue weighted by Gasteiger charge is -2.34. The Hall–Kier alpha value is 0.0169. The molecule has 1 N–H and O–H groups in total. The molecule has 0 saturated carbocycles. The van der Waals surface area contributed by atoms with Crippen LogP contribution in [0.3, 0.4) is 0 Å². The van der Waals surface area contributed by atoms with Crippen molar-refractivity contribution >= 4 is 8.97 Å². The highest BCUT2D eigenvalue weighted by molar-refractivity contribution is 6.57. The smallest absolute Gasteiger partial charge is 0.364 e. The Morgan fingerprint density at radius 1 is 1.07 bits per heavy atom. The standard InChI is InChI=1S/C8H22N2O3Si/c1-6-8-10(9-7-2)14(11-3,12-4)13-5/h9H,6-8H2,1-5H3. The summed E-state index contributed by atoms with van der Waals surface area (Å²) in [5.74, 6) is 0. The van der Waals surface area contributed by atoms with Crippen molar-refractivity contribution in [3.8, 4) is 0 Å². The van der Waals surface area contributed by atoms with Crippen LogP contribution in [0.15, 0.2) is 0 Å². The predicted octanol–water partition coefficient (Wildman–Crippen LogP) is 0.598. The molecule has 0 aliphatic heterocycles. The zero-order chi connectivity index (χ0) is 11.0. The van der Waals surface area contributed by atoms with E-state index in [2.05, 4.69) is 12.3 Å². The minimum Gasteiger partial charge on any atom is -0.364 e. The third kappa shape index (κ3) is 3.30. The summed E-state index contributed by atoms with van der Waals surface area (Å²) in [4.78, 5) is 0. The van der Waals surface area contributed by atoms with Crippen LogP contribution in [0.4, 0.5) is 0 Å². The van der Waals surface area contributed by atoms with Crippen molar-refractivity contribution in [2.75, 3.05) is 34.4 Å². The lowest BCUT2D eigenvalue weighted by molar-refractivity contribution is 0.0382. The van der Waals surface area contributed by atoms with Gasteiger partial charge in [0.05, 0.1) is 0 Å². The van der Waals surface area contributed by atoms with Crippen molar-refractivity contribution < 1.29 is 13.3 Å². The molecule has 0 saturated heterocycles. The summed E-state index contributed by atoms with van der Waals surface area (Å²) in [7, 11) is 2.16. The van der Waals surface area contributed by atoms with E-state index in [0.29, 0.717) is 0 Å². The maximum atomic E-state index is 5.36. The first-order valence-corrected chi connectivity index (χ1v) is 6.54. The Morgan fingerprint density at radius 3 is 1.86 bits per heavy atom. The molecule has 0 aliphatic carbocycles. The van der Waals surface area contributed by atoms with Gasteiger partial charge >= 0.3 is 8.97 Å². The van der Waals surface area contributed by atoms with Crippen molar-refractivity contribution in [3.05, 3.63) is 0 Å².